The number of aromatic nitrogens is 2. The van der Waals surface area contributed by atoms with Crippen LogP contribution in [0.25, 0.3) is 0 Å². The van der Waals surface area contributed by atoms with E-state index in [1.165, 1.54) is 5.56 Å². The highest BCUT2D eigenvalue weighted by Gasteiger charge is 2.19. The van der Waals surface area contributed by atoms with Crippen LogP contribution in [0, 0.1) is 5.92 Å². The second kappa shape index (κ2) is 5.45. The summed E-state index contributed by atoms with van der Waals surface area (Å²) in [6.07, 6.45) is 4.20. The highest BCUT2D eigenvalue weighted by Crippen LogP contribution is 2.27. The van der Waals surface area contributed by atoms with Crippen molar-refractivity contribution >= 4 is 17.4 Å². The van der Waals surface area contributed by atoms with Crippen molar-refractivity contribution in [2.75, 3.05) is 18.5 Å². The molecule has 0 radical (unpaired) electrons. The summed E-state index contributed by atoms with van der Waals surface area (Å²) in [5.41, 5.74) is 1.26. The Morgan fingerprint density at radius 1 is 1.26 bits per heavy atom. The third kappa shape index (κ3) is 2.79. The van der Waals surface area contributed by atoms with E-state index in [0.717, 1.165) is 18.7 Å². The maximum absolute atomic E-state index is 5.96. The number of ether oxygens (including phenoxy) is 1. The van der Waals surface area contributed by atoms with Gasteiger partial charge in [0.05, 0.1) is 6.61 Å². The first kappa shape index (κ1) is 12.2. The van der Waals surface area contributed by atoms with Gasteiger partial charge in [-0.05, 0) is 18.1 Å². The van der Waals surface area contributed by atoms with Crippen molar-refractivity contribution in [1.82, 2.24) is 9.97 Å². The number of anilines is 1. The van der Waals surface area contributed by atoms with Crippen molar-refractivity contribution in [1.29, 1.82) is 0 Å². The van der Waals surface area contributed by atoms with Crippen LogP contribution in [0.15, 0.2) is 36.7 Å². The molecule has 1 atom stereocenters. The number of benzene rings is 1. The third-order valence-electron chi connectivity index (χ3n) is 3.17. The summed E-state index contributed by atoms with van der Waals surface area (Å²) >= 11 is 5.96. The Morgan fingerprint density at radius 2 is 2.11 bits per heavy atom. The van der Waals surface area contributed by atoms with Crippen molar-refractivity contribution in [3.05, 3.63) is 47.4 Å². The summed E-state index contributed by atoms with van der Waals surface area (Å²) in [6, 6.07) is 8.16. The van der Waals surface area contributed by atoms with Crippen LogP contribution < -0.4 is 10.1 Å². The molecule has 1 aromatic heterocycles. The summed E-state index contributed by atoms with van der Waals surface area (Å²) in [5.74, 6) is 2.03. The Bertz CT molecular complexity index is 576. The molecule has 2 heterocycles. The van der Waals surface area contributed by atoms with E-state index in [9.17, 15) is 0 Å². The Morgan fingerprint density at radius 3 is 3.00 bits per heavy atom. The second-order valence-corrected chi connectivity index (χ2v) is 4.92. The maximum Gasteiger partial charge on any atom is 0.171 e. The van der Waals surface area contributed by atoms with Crippen LogP contribution in [0.2, 0.25) is 5.15 Å². The van der Waals surface area contributed by atoms with Crippen LogP contribution >= 0.6 is 11.6 Å². The molecule has 0 saturated heterocycles. The molecule has 3 rings (SSSR count). The first-order chi connectivity index (χ1) is 9.33. The minimum Gasteiger partial charge on any atom is -0.493 e. The van der Waals surface area contributed by atoms with Gasteiger partial charge in [0, 0.05) is 24.9 Å². The standard InChI is InChI=1S/C14H14ClN3O/c15-13-14(17-6-5-16-13)18-8-10-7-11-3-1-2-4-12(11)19-9-10/h1-6,10H,7-9H2,(H,17,18). The molecular weight excluding hydrogens is 262 g/mol. The van der Waals surface area contributed by atoms with Crippen LogP contribution in [-0.4, -0.2) is 23.1 Å². The average molecular weight is 276 g/mol. The van der Waals surface area contributed by atoms with E-state index >= 15 is 0 Å². The molecule has 5 heteroatoms. The number of nitrogens with one attached hydrogen (secondary N) is 1. The number of fused-ring (bicyclic) bond motifs is 1. The summed E-state index contributed by atoms with van der Waals surface area (Å²) in [6.45, 7) is 1.48. The third-order valence-corrected chi connectivity index (χ3v) is 3.44. The van der Waals surface area contributed by atoms with Crippen molar-refractivity contribution in [3.63, 3.8) is 0 Å². The lowest BCUT2D eigenvalue weighted by Crippen LogP contribution is -2.27. The summed E-state index contributed by atoms with van der Waals surface area (Å²) < 4.78 is 5.75. The number of hydrogen-bond acceptors (Lipinski definition) is 4. The van der Waals surface area contributed by atoms with E-state index in [2.05, 4.69) is 21.4 Å². The molecule has 19 heavy (non-hydrogen) atoms. The van der Waals surface area contributed by atoms with Gasteiger partial charge in [-0.2, -0.15) is 0 Å². The predicted octanol–water partition coefficient (Wildman–Crippen LogP) is 2.79. The number of nitrogens with zero attached hydrogens (tertiary/aromatic N) is 2. The molecule has 2 aromatic rings. The first-order valence-corrected chi connectivity index (χ1v) is 6.62. The van der Waals surface area contributed by atoms with Crippen LogP contribution in [0.3, 0.4) is 0 Å². The van der Waals surface area contributed by atoms with E-state index < -0.39 is 0 Å². The molecule has 98 valence electrons. The van der Waals surface area contributed by atoms with Gasteiger partial charge in [-0.25, -0.2) is 9.97 Å². The van der Waals surface area contributed by atoms with E-state index in [1.807, 2.05) is 18.2 Å². The van der Waals surface area contributed by atoms with Crippen molar-refractivity contribution < 1.29 is 4.74 Å². The zero-order valence-electron chi connectivity index (χ0n) is 10.3. The number of hydrogen-bond donors (Lipinski definition) is 1. The van der Waals surface area contributed by atoms with Gasteiger partial charge in [0.25, 0.3) is 0 Å². The molecule has 1 unspecified atom stereocenters. The molecule has 1 aliphatic heterocycles. The molecule has 1 aliphatic rings. The van der Waals surface area contributed by atoms with Crippen LogP contribution in [0.1, 0.15) is 5.56 Å². The second-order valence-electron chi connectivity index (χ2n) is 4.57. The Labute approximate surface area is 116 Å². The highest BCUT2D eigenvalue weighted by atomic mass is 35.5. The zero-order chi connectivity index (χ0) is 13.1. The number of rotatable bonds is 3. The van der Waals surface area contributed by atoms with Crippen LogP contribution in [0.4, 0.5) is 5.82 Å². The fourth-order valence-electron chi connectivity index (χ4n) is 2.20. The van der Waals surface area contributed by atoms with Gasteiger partial charge in [-0.15, -0.1) is 0 Å². The zero-order valence-corrected chi connectivity index (χ0v) is 11.1. The molecule has 0 fully saturated rings. The summed E-state index contributed by atoms with van der Waals surface area (Å²) in [7, 11) is 0. The first-order valence-electron chi connectivity index (χ1n) is 6.24. The predicted molar refractivity (Wildman–Crippen MR) is 74.7 cm³/mol. The molecule has 1 N–H and O–H groups in total. The van der Waals surface area contributed by atoms with Gasteiger partial charge < -0.3 is 10.1 Å². The lowest BCUT2D eigenvalue weighted by Gasteiger charge is -2.25. The lowest BCUT2D eigenvalue weighted by atomic mass is 9.97. The Balaban J connectivity index is 1.62. The minimum absolute atomic E-state index is 0.402. The molecule has 0 aliphatic carbocycles. The Hall–Kier alpha value is -1.81. The smallest absolute Gasteiger partial charge is 0.171 e. The Kier molecular flexibility index (Phi) is 3.51. The number of halogens is 1. The topological polar surface area (TPSA) is 47.0 Å². The SMILES string of the molecule is Clc1nccnc1NCC1COc2ccccc2C1. The molecule has 0 saturated carbocycles. The highest BCUT2D eigenvalue weighted by molar-refractivity contribution is 6.31. The van der Waals surface area contributed by atoms with Gasteiger partial charge in [0.15, 0.2) is 11.0 Å². The molecule has 4 nitrogen and oxygen atoms in total. The molecular formula is C14H14ClN3O. The average Bonchev–Trinajstić information content (AvgIpc) is 2.46. The van der Waals surface area contributed by atoms with Gasteiger partial charge in [-0.1, -0.05) is 29.8 Å². The van der Waals surface area contributed by atoms with Crippen molar-refractivity contribution in [2.24, 2.45) is 5.92 Å². The van der Waals surface area contributed by atoms with E-state index in [-0.39, 0.29) is 0 Å². The fourth-order valence-corrected chi connectivity index (χ4v) is 2.37. The largest absolute Gasteiger partial charge is 0.493 e. The summed E-state index contributed by atoms with van der Waals surface area (Å²) in [5, 5.41) is 3.63. The lowest BCUT2D eigenvalue weighted by molar-refractivity contribution is 0.229. The van der Waals surface area contributed by atoms with E-state index in [0.29, 0.717) is 23.5 Å². The van der Waals surface area contributed by atoms with E-state index in [4.69, 9.17) is 16.3 Å². The molecule has 1 aromatic carbocycles. The van der Waals surface area contributed by atoms with Crippen molar-refractivity contribution in [3.8, 4) is 5.75 Å². The number of para-hydroxylation sites is 1. The van der Waals surface area contributed by atoms with Gasteiger partial charge in [-0.3, -0.25) is 0 Å². The monoisotopic (exact) mass is 275 g/mol. The van der Waals surface area contributed by atoms with Crippen molar-refractivity contribution in [2.45, 2.75) is 6.42 Å². The van der Waals surface area contributed by atoms with Gasteiger partial charge in [0.2, 0.25) is 0 Å². The van der Waals surface area contributed by atoms with Gasteiger partial charge >= 0.3 is 0 Å². The summed E-state index contributed by atoms with van der Waals surface area (Å²) in [4.78, 5) is 8.15. The van der Waals surface area contributed by atoms with E-state index in [1.54, 1.807) is 12.4 Å². The van der Waals surface area contributed by atoms with Crippen LogP contribution in [-0.2, 0) is 6.42 Å². The fraction of sp³-hybridized carbons (Fsp3) is 0.286. The molecule has 0 amide bonds. The maximum atomic E-state index is 5.96. The molecule has 0 bridgehead atoms. The van der Waals surface area contributed by atoms with Crippen LogP contribution in [0.5, 0.6) is 5.75 Å². The molecule has 0 spiro atoms. The minimum atomic E-state index is 0.402. The normalized spacial score (nSPS) is 17.4. The quantitative estimate of drug-likeness (QED) is 0.936. The van der Waals surface area contributed by atoms with Gasteiger partial charge in [0.1, 0.15) is 5.75 Å².